The molecule has 3 nitrogen and oxygen atoms in total. The number of carbonyl (C=O) groups is 1. The lowest BCUT2D eigenvalue weighted by molar-refractivity contribution is -0.129. The van der Waals surface area contributed by atoms with Crippen molar-refractivity contribution in [2.45, 2.75) is 32.2 Å². The Kier molecular flexibility index (Phi) is 7.99. The van der Waals surface area contributed by atoms with Gasteiger partial charge in [-0.15, -0.1) is 0 Å². The molecule has 0 rings (SSSR count). The quantitative estimate of drug-likeness (QED) is 0.701. The first-order valence-electron chi connectivity index (χ1n) is 5.06. The van der Waals surface area contributed by atoms with Crippen LogP contribution < -0.4 is 5.73 Å². The maximum Gasteiger partial charge on any atom is 0.222 e. The van der Waals surface area contributed by atoms with Crippen LogP contribution in [0.5, 0.6) is 0 Å². The Morgan fingerprint density at radius 3 is 2.71 bits per heavy atom. The fraction of sp³-hybridized carbons (Fsp3) is 0.900. The summed E-state index contributed by atoms with van der Waals surface area (Å²) in [4.78, 5) is 13.3. The van der Waals surface area contributed by atoms with Crippen LogP contribution in [0.15, 0.2) is 0 Å². The highest BCUT2D eigenvalue weighted by atomic mass is 32.2. The average molecular weight is 218 g/mol. The van der Waals surface area contributed by atoms with Gasteiger partial charge in [-0.1, -0.05) is 0 Å². The average Bonchev–Trinajstić information content (AvgIpc) is 2.13. The standard InChI is InChI=1S/C10H22N2OS/c1-9(11)5-4-6-10(13)12(2)7-8-14-3/h9H,4-8,11H2,1-3H3. The van der Waals surface area contributed by atoms with Gasteiger partial charge in [-0.3, -0.25) is 4.79 Å². The summed E-state index contributed by atoms with van der Waals surface area (Å²) in [6.07, 6.45) is 4.52. The van der Waals surface area contributed by atoms with Crippen LogP contribution in [-0.4, -0.2) is 42.4 Å². The Morgan fingerprint density at radius 1 is 1.57 bits per heavy atom. The number of thioether (sulfide) groups is 1. The predicted octanol–water partition coefficient (Wildman–Crippen LogP) is 1.33. The summed E-state index contributed by atoms with van der Waals surface area (Å²) in [5, 5.41) is 0. The van der Waals surface area contributed by atoms with Gasteiger partial charge in [-0.05, 0) is 26.0 Å². The number of rotatable bonds is 7. The fourth-order valence-corrected chi connectivity index (χ4v) is 1.58. The fourth-order valence-electron chi connectivity index (χ4n) is 1.12. The molecule has 14 heavy (non-hydrogen) atoms. The summed E-state index contributed by atoms with van der Waals surface area (Å²) in [6.45, 7) is 2.82. The maximum atomic E-state index is 11.5. The van der Waals surface area contributed by atoms with E-state index in [-0.39, 0.29) is 11.9 Å². The van der Waals surface area contributed by atoms with Crippen molar-refractivity contribution in [3.05, 3.63) is 0 Å². The first kappa shape index (κ1) is 13.8. The number of nitrogens with zero attached hydrogens (tertiary/aromatic N) is 1. The molecule has 0 saturated carbocycles. The molecular formula is C10H22N2OS. The first-order valence-corrected chi connectivity index (χ1v) is 6.45. The van der Waals surface area contributed by atoms with Crippen LogP contribution in [0.25, 0.3) is 0 Å². The van der Waals surface area contributed by atoms with E-state index in [0.29, 0.717) is 6.42 Å². The van der Waals surface area contributed by atoms with Gasteiger partial charge in [0.1, 0.15) is 0 Å². The molecule has 0 spiro atoms. The molecule has 0 aromatic heterocycles. The lowest BCUT2D eigenvalue weighted by atomic mass is 10.1. The number of amides is 1. The van der Waals surface area contributed by atoms with E-state index in [0.717, 1.165) is 25.1 Å². The van der Waals surface area contributed by atoms with Crippen LogP contribution in [0.3, 0.4) is 0 Å². The SMILES string of the molecule is CSCCN(C)C(=O)CCCC(C)N. The third kappa shape index (κ3) is 7.21. The summed E-state index contributed by atoms with van der Waals surface area (Å²) >= 11 is 1.76. The molecule has 2 N–H and O–H groups in total. The van der Waals surface area contributed by atoms with E-state index in [2.05, 4.69) is 6.26 Å². The van der Waals surface area contributed by atoms with Crippen LogP contribution in [0.4, 0.5) is 0 Å². The van der Waals surface area contributed by atoms with Crippen LogP contribution >= 0.6 is 11.8 Å². The van der Waals surface area contributed by atoms with Gasteiger partial charge in [0.05, 0.1) is 0 Å². The largest absolute Gasteiger partial charge is 0.345 e. The van der Waals surface area contributed by atoms with Crippen molar-refractivity contribution in [2.24, 2.45) is 5.73 Å². The second-order valence-electron chi connectivity index (χ2n) is 3.68. The molecule has 0 aliphatic rings. The number of hydrogen-bond donors (Lipinski definition) is 1. The van der Waals surface area contributed by atoms with Crippen molar-refractivity contribution in [2.75, 3.05) is 25.6 Å². The van der Waals surface area contributed by atoms with Gasteiger partial charge in [0.2, 0.25) is 5.91 Å². The van der Waals surface area contributed by atoms with Crippen molar-refractivity contribution < 1.29 is 4.79 Å². The van der Waals surface area contributed by atoms with Gasteiger partial charge in [0, 0.05) is 31.8 Å². The molecule has 0 aromatic carbocycles. The summed E-state index contributed by atoms with van der Waals surface area (Å²) in [7, 11) is 1.87. The minimum absolute atomic E-state index is 0.208. The molecule has 0 aromatic rings. The molecular weight excluding hydrogens is 196 g/mol. The molecule has 1 amide bonds. The summed E-state index contributed by atoms with van der Waals surface area (Å²) < 4.78 is 0. The minimum Gasteiger partial charge on any atom is -0.345 e. The summed E-state index contributed by atoms with van der Waals surface area (Å²) in [5.41, 5.74) is 5.61. The minimum atomic E-state index is 0.208. The Bertz CT molecular complexity index is 162. The van der Waals surface area contributed by atoms with Crippen molar-refractivity contribution in [1.82, 2.24) is 4.90 Å². The van der Waals surface area contributed by atoms with Gasteiger partial charge in [0.15, 0.2) is 0 Å². The molecule has 0 heterocycles. The van der Waals surface area contributed by atoms with Gasteiger partial charge >= 0.3 is 0 Å². The zero-order valence-electron chi connectivity index (χ0n) is 9.45. The first-order chi connectivity index (χ1) is 6.57. The number of nitrogens with two attached hydrogens (primary N) is 1. The van der Waals surface area contributed by atoms with Gasteiger partial charge in [-0.25, -0.2) is 0 Å². The Labute approximate surface area is 91.4 Å². The molecule has 0 radical (unpaired) electrons. The van der Waals surface area contributed by atoms with Crippen LogP contribution in [0.2, 0.25) is 0 Å². The summed E-state index contributed by atoms with van der Waals surface area (Å²) in [6, 6.07) is 0.208. The van der Waals surface area contributed by atoms with E-state index < -0.39 is 0 Å². The van der Waals surface area contributed by atoms with Crippen molar-refractivity contribution in [3.63, 3.8) is 0 Å². The zero-order chi connectivity index (χ0) is 11.0. The Morgan fingerprint density at radius 2 is 2.21 bits per heavy atom. The summed E-state index contributed by atoms with van der Waals surface area (Å²) in [5.74, 6) is 1.25. The van der Waals surface area contributed by atoms with E-state index in [1.54, 1.807) is 16.7 Å². The van der Waals surface area contributed by atoms with E-state index in [1.165, 1.54) is 0 Å². The predicted molar refractivity (Wildman–Crippen MR) is 63.5 cm³/mol. The molecule has 0 aliphatic carbocycles. The van der Waals surface area contributed by atoms with Gasteiger partial charge in [-0.2, -0.15) is 11.8 Å². The second kappa shape index (κ2) is 8.12. The van der Waals surface area contributed by atoms with Crippen LogP contribution in [0.1, 0.15) is 26.2 Å². The van der Waals surface area contributed by atoms with Crippen molar-refractivity contribution in [3.8, 4) is 0 Å². The Balaban J connectivity index is 3.52. The van der Waals surface area contributed by atoms with Gasteiger partial charge in [0.25, 0.3) is 0 Å². The lowest BCUT2D eigenvalue weighted by Gasteiger charge is -2.16. The molecule has 0 saturated heterocycles. The molecule has 1 atom stereocenters. The highest BCUT2D eigenvalue weighted by molar-refractivity contribution is 7.98. The number of carbonyl (C=O) groups excluding carboxylic acids is 1. The molecule has 84 valence electrons. The zero-order valence-corrected chi connectivity index (χ0v) is 10.3. The number of hydrogen-bond acceptors (Lipinski definition) is 3. The topological polar surface area (TPSA) is 46.3 Å². The maximum absolute atomic E-state index is 11.5. The second-order valence-corrected chi connectivity index (χ2v) is 4.66. The van der Waals surface area contributed by atoms with E-state index in [4.69, 9.17) is 5.73 Å². The van der Waals surface area contributed by atoms with E-state index >= 15 is 0 Å². The highest BCUT2D eigenvalue weighted by Crippen LogP contribution is 2.02. The van der Waals surface area contributed by atoms with Crippen LogP contribution in [-0.2, 0) is 4.79 Å². The third-order valence-electron chi connectivity index (χ3n) is 2.11. The monoisotopic (exact) mass is 218 g/mol. The van der Waals surface area contributed by atoms with Gasteiger partial charge < -0.3 is 10.6 Å². The smallest absolute Gasteiger partial charge is 0.222 e. The lowest BCUT2D eigenvalue weighted by Crippen LogP contribution is -2.29. The van der Waals surface area contributed by atoms with E-state index in [1.807, 2.05) is 14.0 Å². The van der Waals surface area contributed by atoms with Crippen molar-refractivity contribution in [1.29, 1.82) is 0 Å². The molecule has 0 fully saturated rings. The normalized spacial score (nSPS) is 12.6. The molecule has 0 aliphatic heterocycles. The molecule has 4 heteroatoms. The van der Waals surface area contributed by atoms with E-state index in [9.17, 15) is 4.79 Å². The highest BCUT2D eigenvalue weighted by Gasteiger charge is 2.07. The Hall–Kier alpha value is -0.220. The molecule has 1 unspecified atom stereocenters. The van der Waals surface area contributed by atoms with Crippen molar-refractivity contribution >= 4 is 17.7 Å². The third-order valence-corrected chi connectivity index (χ3v) is 2.70. The molecule has 0 bridgehead atoms. The van der Waals surface area contributed by atoms with Crippen LogP contribution in [0, 0.1) is 0 Å².